The Labute approximate surface area is 114 Å². The maximum atomic E-state index is 13.5. The van der Waals surface area contributed by atoms with Gasteiger partial charge in [-0.2, -0.15) is 4.31 Å². The van der Waals surface area contributed by atoms with E-state index in [4.69, 9.17) is 0 Å². The summed E-state index contributed by atoms with van der Waals surface area (Å²) >= 11 is 0. The molecular weight excluding hydrogens is 267 g/mol. The molecule has 0 saturated carbocycles. The molecule has 19 heavy (non-hydrogen) atoms. The van der Waals surface area contributed by atoms with E-state index in [1.165, 1.54) is 22.5 Å². The van der Waals surface area contributed by atoms with Crippen LogP contribution in [0.3, 0.4) is 0 Å². The van der Waals surface area contributed by atoms with Crippen molar-refractivity contribution in [3.63, 3.8) is 0 Å². The molecule has 0 bridgehead atoms. The van der Waals surface area contributed by atoms with E-state index in [-0.39, 0.29) is 4.90 Å². The average molecular weight is 288 g/mol. The van der Waals surface area contributed by atoms with Crippen molar-refractivity contribution in [3.05, 3.63) is 29.6 Å². The first-order valence-corrected chi connectivity index (χ1v) is 7.84. The maximum Gasteiger partial charge on any atom is 0.243 e. The lowest BCUT2D eigenvalue weighted by Gasteiger charge is -2.20. The van der Waals surface area contributed by atoms with Crippen LogP contribution in [0.4, 0.5) is 4.39 Å². The number of sulfonamides is 1. The molecular formula is C13H21FN2O2S. The molecule has 0 radical (unpaired) electrons. The molecule has 0 spiro atoms. The summed E-state index contributed by atoms with van der Waals surface area (Å²) < 4.78 is 39.7. The van der Waals surface area contributed by atoms with Crippen LogP contribution in [-0.4, -0.2) is 32.9 Å². The minimum Gasteiger partial charge on any atom is -0.316 e. The van der Waals surface area contributed by atoms with Gasteiger partial charge < -0.3 is 5.32 Å². The third kappa shape index (κ3) is 3.75. The normalized spacial score (nSPS) is 12.1. The zero-order chi connectivity index (χ0) is 14.5. The van der Waals surface area contributed by atoms with Gasteiger partial charge in [0.2, 0.25) is 10.0 Å². The molecule has 0 aromatic heterocycles. The molecule has 0 amide bonds. The Balaban J connectivity index is 3.17. The van der Waals surface area contributed by atoms with Crippen molar-refractivity contribution in [2.75, 3.05) is 20.1 Å². The van der Waals surface area contributed by atoms with Crippen LogP contribution < -0.4 is 5.32 Å². The van der Waals surface area contributed by atoms with Crippen molar-refractivity contribution in [2.45, 2.75) is 31.7 Å². The summed E-state index contributed by atoms with van der Waals surface area (Å²) in [5, 5.41) is 2.82. The number of hydrogen-bond donors (Lipinski definition) is 1. The third-order valence-corrected chi connectivity index (χ3v) is 4.82. The number of nitrogens with zero attached hydrogens (tertiary/aromatic N) is 1. The first-order chi connectivity index (χ1) is 8.97. The van der Waals surface area contributed by atoms with Crippen LogP contribution >= 0.6 is 0 Å². The number of benzene rings is 1. The van der Waals surface area contributed by atoms with E-state index >= 15 is 0 Å². The average Bonchev–Trinajstić information content (AvgIpc) is 2.38. The molecule has 1 N–H and O–H groups in total. The second kappa shape index (κ2) is 6.98. The Kier molecular flexibility index (Phi) is 5.90. The van der Waals surface area contributed by atoms with Gasteiger partial charge in [-0.25, -0.2) is 12.8 Å². The van der Waals surface area contributed by atoms with Gasteiger partial charge in [0.1, 0.15) is 5.82 Å². The Morgan fingerprint density at radius 1 is 1.32 bits per heavy atom. The summed E-state index contributed by atoms with van der Waals surface area (Å²) in [6.07, 6.45) is 0.748. The SMILES string of the molecule is CCCN(CC)S(=O)(=O)c1ccc(F)c(CNC)c1. The van der Waals surface area contributed by atoms with E-state index in [1.807, 2.05) is 6.92 Å². The largest absolute Gasteiger partial charge is 0.316 e. The summed E-state index contributed by atoms with van der Waals surface area (Å²) in [4.78, 5) is 0.148. The molecule has 108 valence electrons. The molecule has 0 aliphatic rings. The molecule has 0 saturated heterocycles. The molecule has 0 atom stereocenters. The summed E-state index contributed by atoms with van der Waals surface area (Å²) in [7, 11) is -1.84. The minimum atomic E-state index is -3.53. The van der Waals surface area contributed by atoms with Crippen LogP contribution in [0.25, 0.3) is 0 Å². The molecule has 4 nitrogen and oxygen atoms in total. The highest BCUT2D eigenvalue weighted by Gasteiger charge is 2.23. The molecule has 0 unspecified atom stereocenters. The number of halogens is 1. The molecule has 0 heterocycles. The molecule has 1 aromatic rings. The summed E-state index contributed by atoms with van der Waals surface area (Å²) in [6, 6.07) is 3.93. The highest BCUT2D eigenvalue weighted by Crippen LogP contribution is 2.19. The van der Waals surface area contributed by atoms with Gasteiger partial charge >= 0.3 is 0 Å². The fourth-order valence-electron chi connectivity index (χ4n) is 1.88. The van der Waals surface area contributed by atoms with Gasteiger partial charge in [0.15, 0.2) is 0 Å². The van der Waals surface area contributed by atoms with E-state index in [0.717, 1.165) is 6.42 Å². The number of nitrogens with one attached hydrogen (secondary N) is 1. The van der Waals surface area contributed by atoms with Crippen LogP contribution in [0, 0.1) is 5.82 Å². The van der Waals surface area contributed by atoms with Crippen LogP contribution in [-0.2, 0) is 16.6 Å². The first-order valence-electron chi connectivity index (χ1n) is 6.40. The highest BCUT2D eigenvalue weighted by molar-refractivity contribution is 7.89. The first kappa shape index (κ1) is 16.1. The Morgan fingerprint density at radius 2 is 2.00 bits per heavy atom. The van der Waals surface area contributed by atoms with Gasteiger partial charge in [0.05, 0.1) is 4.90 Å². The Bertz CT molecular complexity index is 517. The van der Waals surface area contributed by atoms with Crippen molar-refractivity contribution < 1.29 is 12.8 Å². The van der Waals surface area contributed by atoms with Crippen LogP contribution in [0.1, 0.15) is 25.8 Å². The van der Waals surface area contributed by atoms with E-state index in [2.05, 4.69) is 5.32 Å². The second-order valence-corrected chi connectivity index (χ2v) is 6.22. The van der Waals surface area contributed by atoms with E-state index < -0.39 is 15.8 Å². The predicted octanol–water partition coefficient (Wildman–Crippen LogP) is 1.97. The topological polar surface area (TPSA) is 49.4 Å². The van der Waals surface area contributed by atoms with Crippen LogP contribution in [0.15, 0.2) is 23.1 Å². The fraction of sp³-hybridized carbons (Fsp3) is 0.538. The van der Waals surface area contributed by atoms with Crippen LogP contribution in [0.2, 0.25) is 0 Å². The third-order valence-electron chi connectivity index (χ3n) is 2.85. The van der Waals surface area contributed by atoms with Gasteiger partial charge in [-0.15, -0.1) is 0 Å². The van der Waals surface area contributed by atoms with E-state index in [9.17, 15) is 12.8 Å². The maximum absolute atomic E-state index is 13.5. The zero-order valence-corrected chi connectivity index (χ0v) is 12.4. The lowest BCUT2D eigenvalue weighted by molar-refractivity contribution is 0.427. The van der Waals surface area contributed by atoms with Crippen molar-refractivity contribution in [1.29, 1.82) is 0 Å². The van der Waals surface area contributed by atoms with Crippen molar-refractivity contribution in [2.24, 2.45) is 0 Å². The number of hydrogen-bond acceptors (Lipinski definition) is 3. The fourth-order valence-corrected chi connectivity index (χ4v) is 3.48. The van der Waals surface area contributed by atoms with Gasteiger partial charge in [0.25, 0.3) is 0 Å². The lowest BCUT2D eigenvalue weighted by Crippen LogP contribution is -2.31. The monoisotopic (exact) mass is 288 g/mol. The standard InChI is InChI=1S/C13H21FN2O2S/c1-4-8-16(5-2)19(17,18)12-6-7-13(14)11(9-12)10-15-3/h6-7,9,15H,4-5,8,10H2,1-3H3. The van der Waals surface area contributed by atoms with Gasteiger partial charge in [-0.05, 0) is 31.7 Å². The quantitative estimate of drug-likeness (QED) is 0.834. The van der Waals surface area contributed by atoms with Crippen molar-refractivity contribution in [1.82, 2.24) is 9.62 Å². The molecule has 1 aromatic carbocycles. The minimum absolute atomic E-state index is 0.148. The molecule has 0 aliphatic carbocycles. The van der Waals surface area contributed by atoms with Crippen molar-refractivity contribution in [3.8, 4) is 0 Å². The van der Waals surface area contributed by atoms with Gasteiger partial charge in [-0.1, -0.05) is 13.8 Å². The zero-order valence-electron chi connectivity index (χ0n) is 11.6. The summed E-state index contributed by atoms with van der Waals surface area (Å²) in [5.74, 6) is -0.396. The summed E-state index contributed by atoms with van der Waals surface area (Å²) in [5.41, 5.74) is 0.358. The van der Waals surface area contributed by atoms with Gasteiger partial charge in [-0.3, -0.25) is 0 Å². The van der Waals surface area contributed by atoms with Crippen LogP contribution in [0.5, 0.6) is 0 Å². The smallest absolute Gasteiger partial charge is 0.243 e. The van der Waals surface area contributed by atoms with Gasteiger partial charge in [0, 0.05) is 25.2 Å². The Morgan fingerprint density at radius 3 is 2.53 bits per heavy atom. The second-order valence-electron chi connectivity index (χ2n) is 4.28. The van der Waals surface area contributed by atoms with Crippen molar-refractivity contribution >= 4 is 10.0 Å². The molecule has 0 aliphatic heterocycles. The molecule has 1 rings (SSSR count). The number of rotatable bonds is 7. The van der Waals surface area contributed by atoms with E-state index in [1.54, 1.807) is 14.0 Å². The predicted molar refractivity (Wildman–Crippen MR) is 73.9 cm³/mol. The molecule has 0 fully saturated rings. The summed E-state index contributed by atoms with van der Waals surface area (Å²) in [6.45, 7) is 4.90. The lowest BCUT2D eigenvalue weighted by atomic mass is 10.2. The Hall–Kier alpha value is -0.980. The molecule has 6 heteroatoms. The highest BCUT2D eigenvalue weighted by atomic mass is 32.2. The van der Waals surface area contributed by atoms with E-state index in [0.29, 0.717) is 25.2 Å².